The summed E-state index contributed by atoms with van der Waals surface area (Å²) >= 11 is 2.97. The molecular formula is C29H31N3O3S2. The number of hydrogen-bond acceptors (Lipinski definition) is 6. The van der Waals surface area contributed by atoms with E-state index in [-0.39, 0.29) is 22.6 Å². The van der Waals surface area contributed by atoms with E-state index < -0.39 is 0 Å². The van der Waals surface area contributed by atoms with Crippen LogP contribution in [0.1, 0.15) is 76.9 Å². The topological polar surface area (TPSA) is 84.6 Å². The molecule has 2 aromatic carbocycles. The lowest BCUT2D eigenvalue weighted by Crippen LogP contribution is -2.36. The summed E-state index contributed by atoms with van der Waals surface area (Å²) in [5, 5.41) is 15.8. The third kappa shape index (κ3) is 6.13. The molecule has 8 heteroatoms. The summed E-state index contributed by atoms with van der Waals surface area (Å²) in [5.41, 5.74) is 3.70. The Kier molecular flexibility index (Phi) is 8.05. The maximum absolute atomic E-state index is 13.4. The molecule has 0 spiro atoms. The molecule has 1 fully saturated rings. The van der Waals surface area contributed by atoms with Gasteiger partial charge < -0.3 is 5.32 Å². The number of nitro groups is 1. The van der Waals surface area contributed by atoms with E-state index in [4.69, 9.17) is 4.99 Å². The molecule has 5 rings (SSSR count). The van der Waals surface area contributed by atoms with E-state index >= 15 is 0 Å². The van der Waals surface area contributed by atoms with Crippen LogP contribution in [0.4, 0.5) is 10.7 Å². The Balaban J connectivity index is 1.41. The van der Waals surface area contributed by atoms with Crippen molar-refractivity contribution in [2.24, 2.45) is 4.99 Å². The highest BCUT2D eigenvalue weighted by molar-refractivity contribution is 7.99. The van der Waals surface area contributed by atoms with Gasteiger partial charge in [-0.05, 0) is 74.8 Å². The highest BCUT2D eigenvalue weighted by Crippen LogP contribution is 2.40. The zero-order chi connectivity index (χ0) is 25.8. The van der Waals surface area contributed by atoms with Crippen LogP contribution in [-0.2, 0) is 12.8 Å². The smallest absolute Gasteiger partial charge is 0.283 e. The number of rotatable bonds is 7. The van der Waals surface area contributed by atoms with Gasteiger partial charge in [-0.1, -0.05) is 54.8 Å². The van der Waals surface area contributed by atoms with Crippen molar-refractivity contribution in [1.29, 1.82) is 0 Å². The molecule has 0 bridgehead atoms. The molecule has 1 heterocycles. The summed E-state index contributed by atoms with van der Waals surface area (Å²) in [6.45, 7) is 2.01. The molecule has 2 aliphatic rings. The van der Waals surface area contributed by atoms with E-state index in [1.807, 2.05) is 37.3 Å². The van der Waals surface area contributed by atoms with Crippen molar-refractivity contribution in [3.05, 3.63) is 79.7 Å². The zero-order valence-electron chi connectivity index (χ0n) is 21.0. The fourth-order valence-corrected chi connectivity index (χ4v) is 7.22. The number of carbonyl (C=O) groups is 1. The fourth-order valence-electron chi connectivity index (χ4n) is 5.09. The molecule has 1 aromatic heterocycles. The third-order valence-corrected chi connectivity index (χ3v) is 9.35. The number of hydrogen-bond donors (Lipinski definition) is 1. The minimum absolute atomic E-state index is 0.0192. The van der Waals surface area contributed by atoms with Crippen molar-refractivity contribution in [2.75, 3.05) is 0 Å². The summed E-state index contributed by atoms with van der Waals surface area (Å²) in [5.74, 6) is -0.0192. The van der Waals surface area contributed by atoms with Gasteiger partial charge in [0.25, 0.3) is 11.6 Å². The van der Waals surface area contributed by atoms with Gasteiger partial charge in [0.05, 0.1) is 15.4 Å². The predicted molar refractivity (Wildman–Crippen MR) is 151 cm³/mol. The zero-order valence-corrected chi connectivity index (χ0v) is 22.6. The molecule has 0 atom stereocenters. The maximum Gasteiger partial charge on any atom is 0.283 e. The van der Waals surface area contributed by atoms with Crippen molar-refractivity contribution < 1.29 is 9.72 Å². The van der Waals surface area contributed by atoms with Crippen molar-refractivity contribution in [1.82, 2.24) is 5.32 Å². The van der Waals surface area contributed by atoms with Gasteiger partial charge in [-0.2, -0.15) is 0 Å². The van der Waals surface area contributed by atoms with Crippen LogP contribution < -0.4 is 5.32 Å². The van der Waals surface area contributed by atoms with Crippen molar-refractivity contribution in [2.45, 2.75) is 80.5 Å². The number of nitrogens with zero attached hydrogens (tertiary/aromatic N) is 2. The van der Waals surface area contributed by atoms with Crippen molar-refractivity contribution in [3.8, 4) is 0 Å². The van der Waals surface area contributed by atoms with Crippen LogP contribution in [0, 0.1) is 17.0 Å². The predicted octanol–water partition coefficient (Wildman–Crippen LogP) is 7.81. The number of aryl methyl sites for hydroxylation is 2. The second-order valence-electron chi connectivity index (χ2n) is 9.86. The second kappa shape index (κ2) is 11.6. The third-order valence-electron chi connectivity index (χ3n) is 7.08. The van der Waals surface area contributed by atoms with Crippen molar-refractivity contribution >= 4 is 45.9 Å². The first-order valence-corrected chi connectivity index (χ1v) is 14.6. The Labute approximate surface area is 225 Å². The largest absolute Gasteiger partial charge is 0.349 e. The van der Waals surface area contributed by atoms with E-state index in [1.165, 1.54) is 23.1 Å². The van der Waals surface area contributed by atoms with Crippen LogP contribution in [0.5, 0.6) is 0 Å². The molecule has 0 radical (unpaired) electrons. The molecule has 3 aromatic rings. The van der Waals surface area contributed by atoms with Crippen LogP contribution in [-0.4, -0.2) is 23.1 Å². The highest BCUT2D eigenvalue weighted by atomic mass is 32.2. The van der Waals surface area contributed by atoms with Crippen LogP contribution in [0.3, 0.4) is 0 Å². The van der Waals surface area contributed by atoms with Crippen LogP contribution in [0.2, 0.25) is 0 Å². The monoisotopic (exact) mass is 533 g/mol. The lowest BCUT2D eigenvalue weighted by molar-refractivity contribution is -0.387. The lowest BCUT2D eigenvalue weighted by Gasteiger charge is -2.23. The van der Waals surface area contributed by atoms with E-state index in [1.54, 1.807) is 29.7 Å². The van der Waals surface area contributed by atoms with E-state index in [2.05, 4.69) is 5.32 Å². The molecule has 0 aliphatic heterocycles. The molecular weight excluding hydrogens is 502 g/mol. The number of nitrogens with one attached hydrogen (secondary N) is 1. The molecule has 1 amide bonds. The Morgan fingerprint density at radius 3 is 2.59 bits per heavy atom. The van der Waals surface area contributed by atoms with Crippen LogP contribution >= 0.6 is 23.1 Å². The summed E-state index contributed by atoms with van der Waals surface area (Å²) in [4.78, 5) is 32.4. The van der Waals surface area contributed by atoms with E-state index in [0.29, 0.717) is 21.0 Å². The van der Waals surface area contributed by atoms with Gasteiger partial charge in [-0.25, -0.2) is 4.99 Å². The molecule has 0 saturated heterocycles. The number of benzene rings is 2. The number of amides is 1. The van der Waals surface area contributed by atoms with Crippen LogP contribution in [0.15, 0.2) is 57.2 Å². The first-order valence-electron chi connectivity index (χ1n) is 13.0. The number of thiophene rings is 1. The summed E-state index contributed by atoms with van der Waals surface area (Å²) in [6.07, 6.45) is 11.4. The first-order chi connectivity index (χ1) is 18.0. The van der Waals surface area contributed by atoms with E-state index in [0.717, 1.165) is 67.4 Å². The minimum Gasteiger partial charge on any atom is -0.349 e. The summed E-state index contributed by atoms with van der Waals surface area (Å²) in [6, 6.07) is 13.4. The Hall–Kier alpha value is -2.97. The maximum atomic E-state index is 13.4. The quantitative estimate of drug-likeness (QED) is 0.191. The normalized spacial score (nSPS) is 16.0. The van der Waals surface area contributed by atoms with Gasteiger partial charge in [0, 0.05) is 28.1 Å². The molecule has 0 unspecified atom stereocenters. The summed E-state index contributed by atoms with van der Waals surface area (Å²) in [7, 11) is 0. The molecule has 192 valence electrons. The standard InChI is InChI=1S/C29H31N3O3S2/c1-19-11-14-22(15-12-19)36-26-16-13-20(17-24(26)32(34)35)18-30-29-27(23-9-5-6-10-25(23)37-29)28(33)31-21-7-3-2-4-8-21/h11-18,21H,2-10H2,1H3,(H,31,33). The van der Waals surface area contributed by atoms with E-state index in [9.17, 15) is 14.9 Å². The van der Waals surface area contributed by atoms with Gasteiger partial charge in [0.1, 0.15) is 5.00 Å². The van der Waals surface area contributed by atoms with Gasteiger partial charge in [0.2, 0.25) is 0 Å². The molecule has 1 saturated carbocycles. The molecule has 1 N–H and O–H groups in total. The lowest BCUT2D eigenvalue weighted by atomic mass is 9.93. The van der Waals surface area contributed by atoms with Gasteiger partial charge in [-0.3, -0.25) is 14.9 Å². The number of carbonyl (C=O) groups excluding carboxylic acids is 1. The summed E-state index contributed by atoms with van der Waals surface area (Å²) < 4.78 is 0. The molecule has 37 heavy (non-hydrogen) atoms. The number of aliphatic imine (C=N–C) groups is 1. The number of fused-ring (bicyclic) bond motifs is 1. The Morgan fingerprint density at radius 2 is 1.84 bits per heavy atom. The first kappa shape index (κ1) is 25.7. The Morgan fingerprint density at radius 1 is 1.08 bits per heavy atom. The Bertz CT molecular complexity index is 1320. The second-order valence-corrected chi connectivity index (χ2v) is 12.1. The number of nitro benzene ring substituents is 1. The highest BCUT2D eigenvalue weighted by Gasteiger charge is 2.27. The SMILES string of the molecule is Cc1ccc(Sc2ccc(C=Nc3sc4c(c3C(=O)NC3CCCCC3)CCCC4)cc2[N+](=O)[O-])cc1. The average Bonchev–Trinajstić information content (AvgIpc) is 3.28. The van der Waals surface area contributed by atoms with Crippen molar-refractivity contribution in [3.63, 3.8) is 0 Å². The van der Waals surface area contributed by atoms with Gasteiger partial charge >= 0.3 is 0 Å². The average molecular weight is 534 g/mol. The minimum atomic E-state index is -0.346. The molecule has 2 aliphatic carbocycles. The fraction of sp³-hybridized carbons (Fsp3) is 0.379. The van der Waals surface area contributed by atoms with Gasteiger partial charge in [0.15, 0.2) is 0 Å². The van der Waals surface area contributed by atoms with Gasteiger partial charge in [-0.15, -0.1) is 11.3 Å². The molecule has 6 nitrogen and oxygen atoms in total. The van der Waals surface area contributed by atoms with Crippen LogP contribution in [0.25, 0.3) is 0 Å².